The molecule has 0 amide bonds. The third-order valence-electron chi connectivity index (χ3n) is 4.16. The standard InChI is InChI=1S/C11H23N.2C2H6/c1-10(2)8-6-7-9-12(5)11(10,3)4;2*1-2/h6-9H2,1-5H3;2*1-2H3. The highest BCUT2D eigenvalue weighted by Gasteiger charge is 2.40. The topological polar surface area (TPSA) is 3.24 Å². The molecule has 1 saturated heterocycles. The molecule has 0 aromatic carbocycles. The van der Waals surface area contributed by atoms with E-state index in [-0.39, 0.29) is 0 Å². The summed E-state index contributed by atoms with van der Waals surface area (Å²) in [6, 6.07) is 0. The SMILES string of the molecule is CC.CC.CN1CCCCC(C)(C)C1(C)C. The Labute approximate surface area is 105 Å². The van der Waals surface area contributed by atoms with Crippen LogP contribution in [0.3, 0.4) is 0 Å². The Balaban J connectivity index is 0. The smallest absolute Gasteiger partial charge is 0.0201 e. The van der Waals surface area contributed by atoms with E-state index in [1.165, 1.54) is 25.8 Å². The van der Waals surface area contributed by atoms with E-state index in [1.54, 1.807) is 0 Å². The van der Waals surface area contributed by atoms with Gasteiger partial charge in [0.2, 0.25) is 0 Å². The van der Waals surface area contributed by atoms with Gasteiger partial charge in [0.1, 0.15) is 0 Å². The van der Waals surface area contributed by atoms with Crippen molar-refractivity contribution in [2.75, 3.05) is 13.6 Å². The van der Waals surface area contributed by atoms with Gasteiger partial charge in [-0.05, 0) is 45.7 Å². The van der Waals surface area contributed by atoms with Crippen LogP contribution in [-0.2, 0) is 0 Å². The van der Waals surface area contributed by atoms with Crippen LogP contribution >= 0.6 is 0 Å². The van der Waals surface area contributed by atoms with Crippen LogP contribution < -0.4 is 0 Å². The van der Waals surface area contributed by atoms with Gasteiger partial charge in [-0.3, -0.25) is 0 Å². The summed E-state index contributed by atoms with van der Waals surface area (Å²) >= 11 is 0. The first-order valence-corrected chi connectivity index (χ1v) is 7.09. The molecule has 0 radical (unpaired) electrons. The van der Waals surface area contributed by atoms with E-state index in [9.17, 15) is 0 Å². The van der Waals surface area contributed by atoms with Crippen molar-refractivity contribution >= 4 is 0 Å². The third-order valence-corrected chi connectivity index (χ3v) is 4.16. The lowest BCUT2D eigenvalue weighted by molar-refractivity contribution is 0.0425. The molecular weight excluding hydrogens is 194 g/mol. The molecule has 1 rings (SSSR count). The van der Waals surface area contributed by atoms with Crippen molar-refractivity contribution in [3.8, 4) is 0 Å². The minimum absolute atomic E-state index is 0.351. The molecule has 1 fully saturated rings. The van der Waals surface area contributed by atoms with Gasteiger partial charge in [-0.15, -0.1) is 0 Å². The summed E-state index contributed by atoms with van der Waals surface area (Å²) in [5.74, 6) is 0. The lowest BCUT2D eigenvalue weighted by Gasteiger charge is -2.46. The largest absolute Gasteiger partial charge is 0.301 e. The van der Waals surface area contributed by atoms with E-state index < -0.39 is 0 Å². The second-order valence-corrected chi connectivity index (χ2v) is 5.32. The maximum absolute atomic E-state index is 2.51. The predicted octanol–water partition coefficient (Wildman–Crippen LogP) is 4.96. The zero-order chi connectivity index (χ0) is 13.4. The second kappa shape index (κ2) is 8.11. The van der Waals surface area contributed by atoms with E-state index in [4.69, 9.17) is 0 Å². The molecule has 1 heterocycles. The average molecular weight is 229 g/mol. The molecule has 16 heavy (non-hydrogen) atoms. The molecule has 1 aliphatic rings. The first-order chi connectivity index (χ1) is 7.38. The quantitative estimate of drug-likeness (QED) is 0.567. The molecule has 0 unspecified atom stereocenters. The maximum atomic E-state index is 2.51. The summed E-state index contributed by atoms with van der Waals surface area (Å²) in [4.78, 5) is 2.51. The predicted molar refractivity (Wildman–Crippen MR) is 77.0 cm³/mol. The molecule has 0 N–H and O–H groups in total. The maximum Gasteiger partial charge on any atom is 0.0201 e. The number of likely N-dealkylation sites (tertiary alicyclic amines) is 1. The third kappa shape index (κ3) is 4.45. The highest BCUT2D eigenvalue weighted by molar-refractivity contribution is 4.95. The van der Waals surface area contributed by atoms with Gasteiger partial charge in [-0.2, -0.15) is 0 Å². The summed E-state index contributed by atoms with van der Waals surface area (Å²) < 4.78 is 0. The van der Waals surface area contributed by atoms with Gasteiger partial charge in [-0.1, -0.05) is 48.0 Å². The van der Waals surface area contributed by atoms with Gasteiger partial charge in [0, 0.05) is 5.54 Å². The van der Waals surface area contributed by atoms with Crippen molar-refractivity contribution in [3.63, 3.8) is 0 Å². The van der Waals surface area contributed by atoms with E-state index in [0.717, 1.165) is 0 Å². The molecular formula is C15H35N. The van der Waals surface area contributed by atoms with Crippen LogP contribution in [0, 0.1) is 5.41 Å². The minimum atomic E-state index is 0.351. The van der Waals surface area contributed by atoms with Crippen LogP contribution in [0.1, 0.15) is 74.7 Å². The average Bonchev–Trinajstić information content (AvgIpc) is 2.36. The Bertz CT molecular complexity index is 159. The van der Waals surface area contributed by atoms with Crippen LogP contribution in [-0.4, -0.2) is 24.0 Å². The van der Waals surface area contributed by atoms with Crippen molar-refractivity contribution in [1.82, 2.24) is 4.90 Å². The summed E-state index contributed by atoms with van der Waals surface area (Å²) in [5.41, 5.74) is 0.807. The van der Waals surface area contributed by atoms with E-state index >= 15 is 0 Å². The molecule has 0 aromatic rings. The molecule has 0 saturated carbocycles. The molecule has 0 aliphatic carbocycles. The number of nitrogens with zero attached hydrogens (tertiary/aromatic N) is 1. The molecule has 0 atom stereocenters. The highest BCUT2D eigenvalue weighted by atomic mass is 15.2. The minimum Gasteiger partial charge on any atom is -0.301 e. The van der Waals surface area contributed by atoms with Gasteiger partial charge >= 0.3 is 0 Å². The fourth-order valence-corrected chi connectivity index (χ4v) is 2.02. The zero-order valence-electron chi connectivity index (χ0n) is 13.3. The van der Waals surface area contributed by atoms with Gasteiger partial charge in [0.25, 0.3) is 0 Å². The second-order valence-electron chi connectivity index (χ2n) is 5.32. The number of rotatable bonds is 0. The van der Waals surface area contributed by atoms with Crippen molar-refractivity contribution in [2.24, 2.45) is 5.41 Å². The molecule has 1 heteroatoms. The fourth-order valence-electron chi connectivity index (χ4n) is 2.02. The summed E-state index contributed by atoms with van der Waals surface area (Å²) in [5, 5.41) is 0. The first kappa shape index (κ1) is 18.3. The van der Waals surface area contributed by atoms with Crippen LogP contribution in [0.15, 0.2) is 0 Å². The highest BCUT2D eigenvalue weighted by Crippen LogP contribution is 2.41. The van der Waals surface area contributed by atoms with Crippen molar-refractivity contribution in [1.29, 1.82) is 0 Å². The lowest BCUT2D eigenvalue weighted by Crippen LogP contribution is -2.50. The van der Waals surface area contributed by atoms with Crippen LogP contribution in [0.5, 0.6) is 0 Å². The summed E-state index contributed by atoms with van der Waals surface area (Å²) in [6.45, 7) is 18.8. The van der Waals surface area contributed by atoms with E-state index in [2.05, 4.69) is 39.6 Å². The molecule has 1 aliphatic heterocycles. The van der Waals surface area contributed by atoms with Crippen LogP contribution in [0.4, 0.5) is 0 Å². The lowest BCUT2D eigenvalue weighted by atomic mass is 9.71. The monoisotopic (exact) mass is 229 g/mol. The number of hydrogen-bond donors (Lipinski definition) is 0. The first-order valence-electron chi connectivity index (χ1n) is 7.09. The Morgan fingerprint density at radius 2 is 1.25 bits per heavy atom. The van der Waals surface area contributed by atoms with Gasteiger partial charge in [0.05, 0.1) is 0 Å². The number of hydrogen-bond acceptors (Lipinski definition) is 1. The Kier molecular flexibility index (Phi) is 9.29. The molecule has 0 aromatic heterocycles. The van der Waals surface area contributed by atoms with Crippen molar-refractivity contribution in [2.45, 2.75) is 80.2 Å². The fraction of sp³-hybridized carbons (Fsp3) is 1.00. The summed E-state index contributed by atoms with van der Waals surface area (Å²) in [7, 11) is 2.26. The van der Waals surface area contributed by atoms with Crippen molar-refractivity contribution < 1.29 is 0 Å². The molecule has 0 bridgehead atoms. The van der Waals surface area contributed by atoms with E-state index in [1.807, 2.05) is 27.7 Å². The van der Waals surface area contributed by atoms with Crippen LogP contribution in [0.25, 0.3) is 0 Å². The van der Waals surface area contributed by atoms with Crippen molar-refractivity contribution in [3.05, 3.63) is 0 Å². The zero-order valence-corrected chi connectivity index (χ0v) is 13.3. The molecule has 1 nitrogen and oxygen atoms in total. The van der Waals surface area contributed by atoms with Gasteiger partial charge in [-0.25, -0.2) is 0 Å². The molecule has 0 spiro atoms. The van der Waals surface area contributed by atoms with Gasteiger partial charge in [0.15, 0.2) is 0 Å². The van der Waals surface area contributed by atoms with E-state index in [0.29, 0.717) is 11.0 Å². The Hall–Kier alpha value is -0.0400. The normalized spacial score (nSPS) is 23.1. The Morgan fingerprint density at radius 3 is 1.69 bits per heavy atom. The molecule has 100 valence electrons. The van der Waals surface area contributed by atoms with Crippen LogP contribution in [0.2, 0.25) is 0 Å². The Morgan fingerprint density at radius 1 is 0.812 bits per heavy atom. The summed E-state index contributed by atoms with van der Waals surface area (Å²) in [6.07, 6.45) is 4.12. The van der Waals surface area contributed by atoms with Gasteiger partial charge < -0.3 is 4.90 Å².